The number of hydrogen-bond donors (Lipinski definition) is 0. The fourth-order valence-corrected chi connectivity index (χ4v) is 7.65. The molecule has 6 aromatic rings. The number of quaternary nitrogens is 1. The Bertz CT molecular complexity index is 1610. The number of rotatable bonds is 15. The highest BCUT2D eigenvalue weighted by molar-refractivity contribution is 6.99. The maximum atomic E-state index is 2.33. The van der Waals surface area contributed by atoms with E-state index in [1.807, 2.05) is 0 Å². The summed E-state index contributed by atoms with van der Waals surface area (Å²) in [5.74, 6) is 0. The van der Waals surface area contributed by atoms with Crippen LogP contribution in [0.4, 0.5) is 0 Å². The minimum atomic E-state index is 0.142. The summed E-state index contributed by atoms with van der Waals surface area (Å²) in [5, 5.41) is 7.80. The summed E-state index contributed by atoms with van der Waals surface area (Å²) in [4.78, 5) is 0. The van der Waals surface area contributed by atoms with Gasteiger partial charge in [0.2, 0.25) is 6.71 Å². The molecule has 0 atom stereocenters. The first-order chi connectivity index (χ1) is 23.6. The van der Waals surface area contributed by atoms with Crippen LogP contribution in [0, 0.1) is 0 Å². The number of hydrogen-bond acceptors (Lipinski definition) is 0. The lowest BCUT2D eigenvalue weighted by Gasteiger charge is -2.39. The lowest BCUT2D eigenvalue weighted by atomic mass is 9.35. The highest BCUT2D eigenvalue weighted by atomic mass is 15.3. The summed E-state index contributed by atoms with van der Waals surface area (Å²) in [6.45, 7) is 15.2. The molecule has 0 saturated heterocycles. The van der Waals surface area contributed by atoms with E-state index < -0.39 is 0 Å². The van der Waals surface area contributed by atoms with Crippen LogP contribution in [0.25, 0.3) is 32.3 Å². The van der Waals surface area contributed by atoms with Crippen molar-refractivity contribution in [2.24, 2.45) is 0 Å². The summed E-state index contributed by atoms with van der Waals surface area (Å²) in [6, 6.07) is 46.3. The lowest BCUT2D eigenvalue weighted by molar-refractivity contribution is -0.929. The van der Waals surface area contributed by atoms with Crippen LogP contribution < -0.4 is 16.4 Å². The Morgan fingerprint density at radius 2 is 0.625 bits per heavy atom. The number of nitrogens with zero attached hydrogens (tertiary/aromatic N) is 1. The molecule has 2 heteroatoms. The highest BCUT2D eigenvalue weighted by Crippen LogP contribution is 2.19. The van der Waals surface area contributed by atoms with Gasteiger partial charge in [-0.1, -0.05) is 197 Å². The average molecular weight is 635 g/mol. The normalized spacial score (nSPS) is 11.5. The molecular formula is C46H57BN+. The summed E-state index contributed by atoms with van der Waals surface area (Å²) >= 11 is 0. The molecule has 0 radical (unpaired) electrons. The van der Waals surface area contributed by atoms with Crippen molar-refractivity contribution >= 4 is 55.4 Å². The standard InChI is InChI=1S/C30H21B.C16H36N/c1-4-16-25-22(10-1)13-7-19-28(25)31(29-20-8-14-23-11-2-5-17-26(23)29)30-21-9-15-24-12-3-6-18-27(24)30;1-5-9-13-17(14-10-6-2,15-11-7-3)16-12-8-4/h1-21H;5-16H2,1-4H3/q;+1. The van der Waals surface area contributed by atoms with Crippen molar-refractivity contribution in [1.82, 2.24) is 0 Å². The van der Waals surface area contributed by atoms with Gasteiger partial charge in [-0.05, 0) is 58.0 Å². The molecule has 0 saturated carbocycles. The molecule has 6 aromatic carbocycles. The minimum absolute atomic E-state index is 0.142. The topological polar surface area (TPSA) is 0 Å². The van der Waals surface area contributed by atoms with Crippen LogP contribution in [0.2, 0.25) is 0 Å². The van der Waals surface area contributed by atoms with E-state index in [-0.39, 0.29) is 6.71 Å². The fraction of sp³-hybridized carbons (Fsp3) is 0.348. The summed E-state index contributed by atoms with van der Waals surface area (Å²) in [7, 11) is 0. The van der Waals surface area contributed by atoms with E-state index in [2.05, 4.69) is 155 Å². The van der Waals surface area contributed by atoms with Crippen LogP contribution in [0.1, 0.15) is 79.1 Å². The first kappa shape index (κ1) is 35.4. The Balaban J connectivity index is 0.000000228. The predicted molar refractivity (Wildman–Crippen MR) is 216 cm³/mol. The molecule has 0 heterocycles. The lowest BCUT2D eigenvalue weighted by Crippen LogP contribution is -2.52. The molecule has 1 nitrogen and oxygen atoms in total. The van der Waals surface area contributed by atoms with E-state index in [0.717, 1.165) is 0 Å². The minimum Gasteiger partial charge on any atom is -0.324 e. The third-order valence-corrected chi connectivity index (χ3v) is 10.3. The predicted octanol–water partition coefficient (Wildman–Crippen LogP) is 10.7. The van der Waals surface area contributed by atoms with Gasteiger partial charge in [-0.15, -0.1) is 0 Å². The second-order valence-corrected chi connectivity index (χ2v) is 13.8. The van der Waals surface area contributed by atoms with Crippen LogP contribution in [-0.2, 0) is 0 Å². The average Bonchev–Trinajstić information content (AvgIpc) is 3.15. The van der Waals surface area contributed by atoms with E-state index in [1.54, 1.807) is 0 Å². The molecule has 0 N–H and O–H groups in total. The molecule has 0 aromatic heterocycles. The van der Waals surface area contributed by atoms with Gasteiger partial charge < -0.3 is 4.48 Å². The van der Waals surface area contributed by atoms with E-state index in [9.17, 15) is 0 Å². The van der Waals surface area contributed by atoms with E-state index in [4.69, 9.17) is 0 Å². The smallest absolute Gasteiger partial charge is 0.243 e. The van der Waals surface area contributed by atoms with Crippen molar-refractivity contribution in [2.75, 3.05) is 26.2 Å². The van der Waals surface area contributed by atoms with E-state index >= 15 is 0 Å². The van der Waals surface area contributed by atoms with Gasteiger partial charge in [0, 0.05) is 0 Å². The van der Waals surface area contributed by atoms with Crippen molar-refractivity contribution in [3.05, 3.63) is 127 Å². The molecule has 0 amide bonds. The molecule has 0 aliphatic rings. The van der Waals surface area contributed by atoms with Crippen molar-refractivity contribution in [2.45, 2.75) is 79.1 Å². The Kier molecular flexibility index (Phi) is 13.3. The molecule has 0 bridgehead atoms. The second kappa shape index (κ2) is 18.0. The van der Waals surface area contributed by atoms with Gasteiger partial charge in [-0.2, -0.15) is 0 Å². The van der Waals surface area contributed by atoms with E-state index in [0.29, 0.717) is 0 Å². The summed E-state index contributed by atoms with van der Waals surface area (Å²) in [6.07, 6.45) is 11.1. The summed E-state index contributed by atoms with van der Waals surface area (Å²) < 4.78 is 1.42. The molecule has 6 rings (SSSR count). The molecule has 48 heavy (non-hydrogen) atoms. The third-order valence-electron chi connectivity index (χ3n) is 10.3. The molecule has 248 valence electrons. The second-order valence-electron chi connectivity index (χ2n) is 13.8. The number of benzene rings is 6. The Morgan fingerprint density at radius 1 is 0.354 bits per heavy atom. The van der Waals surface area contributed by atoms with Gasteiger partial charge >= 0.3 is 0 Å². The SMILES string of the molecule is CCCC[N+](CCCC)(CCCC)CCCC.c1ccc2c(B(c3cccc4ccccc34)c3cccc4ccccc34)cccc2c1. The van der Waals surface area contributed by atoms with Crippen LogP contribution in [0.3, 0.4) is 0 Å². The van der Waals surface area contributed by atoms with Crippen LogP contribution in [0.15, 0.2) is 127 Å². The molecular weight excluding hydrogens is 577 g/mol. The molecule has 0 unspecified atom stereocenters. The summed E-state index contributed by atoms with van der Waals surface area (Å²) in [5.41, 5.74) is 4.06. The first-order valence-electron chi connectivity index (χ1n) is 18.9. The van der Waals surface area contributed by atoms with Crippen molar-refractivity contribution in [3.63, 3.8) is 0 Å². The quantitative estimate of drug-likeness (QED) is 0.0779. The first-order valence-corrected chi connectivity index (χ1v) is 18.9. The van der Waals surface area contributed by atoms with E-state index in [1.165, 1.54) is 131 Å². The highest BCUT2D eigenvalue weighted by Gasteiger charge is 2.27. The number of fused-ring (bicyclic) bond motifs is 3. The van der Waals surface area contributed by atoms with Crippen molar-refractivity contribution in [1.29, 1.82) is 0 Å². The Labute approximate surface area is 291 Å². The van der Waals surface area contributed by atoms with Crippen LogP contribution in [-0.4, -0.2) is 37.4 Å². The molecule has 0 spiro atoms. The molecule has 0 fully saturated rings. The van der Waals surface area contributed by atoms with Gasteiger partial charge in [-0.25, -0.2) is 0 Å². The Morgan fingerprint density at radius 3 is 0.917 bits per heavy atom. The van der Waals surface area contributed by atoms with Crippen molar-refractivity contribution in [3.8, 4) is 0 Å². The largest absolute Gasteiger partial charge is 0.324 e. The monoisotopic (exact) mass is 634 g/mol. The van der Waals surface area contributed by atoms with Crippen LogP contribution >= 0.6 is 0 Å². The van der Waals surface area contributed by atoms with Gasteiger partial charge in [-0.3, -0.25) is 0 Å². The maximum Gasteiger partial charge on any atom is 0.243 e. The zero-order chi connectivity index (χ0) is 33.6. The zero-order valence-electron chi connectivity index (χ0n) is 30.1. The number of unbranched alkanes of at least 4 members (excludes halogenated alkanes) is 4. The van der Waals surface area contributed by atoms with Gasteiger partial charge in [0.15, 0.2) is 0 Å². The van der Waals surface area contributed by atoms with Gasteiger partial charge in [0.25, 0.3) is 0 Å². The maximum absolute atomic E-state index is 2.33. The third kappa shape index (κ3) is 8.58. The fourth-order valence-electron chi connectivity index (χ4n) is 7.65. The van der Waals surface area contributed by atoms with Crippen LogP contribution in [0.5, 0.6) is 0 Å². The molecule has 0 aliphatic heterocycles. The molecule has 0 aliphatic carbocycles. The van der Waals surface area contributed by atoms with Crippen molar-refractivity contribution < 1.29 is 4.48 Å². The Hall–Kier alpha value is -3.88. The van der Waals surface area contributed by atoms with Gasteiger partial charge in [0.1, 0.15) is 0 Å². The zero-order valence-corrected chi connectivity index (χ0v) is 30.1. The van der Waals surface area contributed by atoms with Gasteiger partial charge in [0.05, 0.1) is 26.2 Å².